The van der Waals surface area contributed by atoms with E-state index >= 15 is 0 Å². The van der Waals surface area contributed by atoms with Gasteiger partial charge in [-0.2, -0.15) is 0 Å². The first-order valence-corrected chi connectivity index (χ1v) is 6.99. The van der Waals surface area contributed by atoms with E-state index in [0.717, 1.165) is 30.7 Å². The molecule has 1 aliphatic rings. The van der Waals surface area contributed by atoms with Gasteiger partial charge < -0.3 is 5.32 Å². The van der Waals surface area contributed by atoms with Gasteiger partial charge in [0, 0.05) is 24.1 Å². The molecule has 0 saturated carbocycles. The van der Waals surface area contributed by atoms with E-state index in [4.69, 9.17) is 0 Å². The molecule has 0 unspecified atom stereocenters. The average molecular weight is 295 g/mol. The minimum atomic E-state index is 1.05. The normalized spacial score (nSPS) is 18.4. The number of rotatable bonds is 3. The highest BCUT2D eigenvalue weighted by Crippen LogP contribution is 2.12. The molecule has 1 aromatic carbocycles. The van der Waals surface area contributed by atoms with Crippen LogP contribution in [0.3, 0.4) is 0 Å². The molecular weight excluding hydrogens is 276 g/mol. The summed E-state index contributed by atoms with van der Waals surface area (Å²) in [5.74, 6) is 0. The lowest BCUT2D eigenvalue weighted by Crippen LogP contribution is -2.28. The van der Waals surface area contributed by atoms with Crippen LogP contribution in [0.15, 0.2) is 34.8 Å². The van der Waals surface area contributed by atoms with Gasteiger partial charge in [-0.1, -0.05) is 40.2 Å². The van der Waals surface area contributed by atoms with Crippen LogP contribution in [-0.4, -0.2) is 37.6 Å². The fourth-order valence-electron chi connectivity index (χ4n) is 2.03. The molecule has 2 nitrogen and oxygen atoms in total. The number of nitrogens with one attached hydrogen (secondary N) is 1. The molecular formula is C14H19BrN2. The molecule has 0 spiro atoms. The van der Waals surface area contributed by atoms with Crippen molar-refractivity contribution in [3.05, 3.63) is 40.4 Å². The van der Waals surface area contributed by atoms with Gasteiger partial charge in [-0.15, -0.1) is 0 Å². The van der Waals surface area contributed by atoms with E-state index in [2.05, 4.69) is 62.6 Å². The van der Waals surface area contributed by atoms with Crippen molar-refractivity contribution in [3.63, 3.8) is 0 Å². The van der Waals surface area contributed by atoms with Gasteiger partial charge in [0.25, 0.3) is 0 Å². The predicted octanol–water partition coefficient (Wildman–Crippen LogP) is 2.76. The van der Waals surface area contributed by atoms with Crippen LogP contribution < -0.4 is 5.32 Å². The summed E-state index contributed by atoms with van der Waals surface area (Å²) < 4.78 is 1.14. The number of hydrogen-bond acceptors (Lipinski definition) is 2. The van der Waals surface area contributed by atoms with Crippen molar-refractivity contribution in [3.8, 4) is 0 Å². The summed E-state index contributed by atoms with van der Waals surface area (Å²) in [4.78, 5) is 2.49. The van der Waals surface area contributed by atoms with Gasteiger partial charge >= 0.3 is 0 Å². The van der Waals surface area contributed by atoms with Crippen molar-refractivity contribution >= 4 is 22.0 Å². The molecule has 1 aliphatic heterocycles. The standard InChI is InChI=1S/C14H19BrN2/c15-14-6-1-4-13(12-14)5-2-9-17-10-3-7-16-8-11-17/h1-2,4-6,12,16H,3,7-11H2/b5-2+. The molecule has 3 heteroatoms. The van der Waals surface area contributed by atoms with E-state index < -0.39 is 0 Å². The maximum absolute atomic E-state index is 3.49. The van der Waals surface area contributed by atoms with Crippen LogP contribution in [0.4, 0.5) is 0 Å². The lowest BCUT2D eigenvalue weighted by atomic mass is 10.2. The van der Waals surface area contributed by atoms with Gasteiger partial charge in [0.2, 0.25) is 0 Å². The zero-order chi connectivity index (χ0) is 11.9. The zero-order valence-electron chi connectivity index (χ0n) is 10.0. The fraction of sp³-hybridized carbons (Fsp3) is 0.429. The molecule has 0 aliphatic carbocycles. The Kier molecular flexibility index (Phi) is 5.23. The van der Waals surface area contributed by atoms with Crippen molar-refractivity contribution in [2.45, 2.75) is 6.42 Å². The maximum atomic E-state index is 3.49. The Labute approximate surface area is 112 Å². The lowest BCUT2D eigenvalue weighted by molar-refractivity contribution is 0.324. The molecule has 1 aromatic rings. The second kappa shape index (κ2) is 6.94. The van der Waals surface area contributed by atoms with E-state index in [0.29, 0.717) is 0 Å². The first kappa shape index (κ1) is 12.8. The van der Waals surface area contributed by atoms with Gasteiger partial charge in [0.15, 0.2) is 0 Å². The Bertz CT molecular complexity index is 368. The lowest BCUT2D eigenvalue weighted by Gasteiger charge is -2.16. The molecule has 0 radical (unpaired) electrons. The number of benzene rings is 1. The molecule has 1 saturated heterocycles. The summed E-state index contributed by atoms with van der Waals surface area (Å²) in [5.41, 5.74) is 1.26. The van der Waals surface area contributed by atoms with E-state index in [-0.39, 0.29) is 0 Å². The second-order valence-corrected chi connectivity index (χ2v) is 5.28. The molecule has 1 N–H and O–H groups in total. The number of nitrogens with zero attached hydrogens (tertiary/aromatic N) is 1. The third-order valence-corrected chi connectivity index (χ3v) is 3.45. The van der Waals surface area contributed by atoms with Crippen LogP contribution in [0, 0.1) is 0 Å². The Morgan fingerprint density at radius 2 is 2.24 bits per heavy atom. The monoisotopic (exact) mass is 294 g/mol. The smallest absolute Gasteiger partial charge is 0.0181 e. The minimum absolute atomic E-state index is 1.05. The van der Waals surface area contributed by atoms with E-state index in [1.807, 2.05) is 0 Å². The van der Waals surface area contributed by atoms with Crippen LogP contribution in [-0.2, 0) is 0 Å². The van der Waals surface area contributed by atoms with Gasteiger partial charge in [0.1, 0.15) is 0 Å². The van der Waals surface area contributed by atoms with E-state index in [1.165, 1.54) is 18.5 Å². The summed E-state index contributed by atoms with van der Waals surface area (Å²) >= 11 is 3.49. The minimum Gasteiger partial charge on any atom is -0.315 e. The Balaban J connectivity index is 1.84. The molecule has 0 bridgehead atoms. The summed E-state index contributed by atoms with van der Waals surface area (Å²) in [6.45, 7) is 5.68. The third kappa shape index (κ3) is 4.62. The fourth-order valence-corrected chi connectivity index (χ4v) is 2.45. The Morgan fingerprint density at radius 3 is 3.12 bits per heavy atom. The average Bonchev–Trinajstić information content (AvgIpc) is 2.58. The third-order valence-electron chi connectivity index (χ3n) is 2.96. The Morgan fingerprint density at radius 1 is 1.29 bits per heavy atom. The van der Waals surface area contributed by atoms with Crippen molar-refractivity contribution in [1.29, 1.82) is 0 Å². The van der Waals surface area contributed by atoms with E-state index in [9.17, 15) is 0 Å². The van der Waals surface area contributed by atoms with Crippen LogP contribution in [0.2, 0.25) is 0 Å². The molecule has 1 heterocycles. The molecule has 92 valence electrons. The zero-order valence-corrected chi connectivity index (χ0v) is 11.6. The maximum Gasteiger partial charge on any atom is 0.0181 e. The van der Waals surface area contributed by atoms with E-state index in [1.54, 1.807) is 0 Å². The number of halogens is 1. The van der Waals surface area contributed by atoms with Gasteiger partial charge in [-0.05, 0) is 37.2 Å². The largest absolute Gasteiger partial charge is 0.315 e. The first-order chi connectivity index (χ1) is 8.34. The quantitative estimate of drug-likeness (QED) is 0.922. The molecule has 0 aromatic heterocycles. The topological polar surface area (TPSA) is 15.3 Å². The van der Waals surface area contributed by atoms with Crippen molar-refractivity contribution in [2.24, 2.45) is 0 Å². The van der Waals surface area contributed by atoms with Gasteiger partial charge in [0.05, 0.1) is 0 Å². The highest BCUT2D eigenvalue weighted by molar-refractivity contribution is 9.10. The SMILES string of the molecule is Brc1cccc(/C=C/CN2CCCNCC2)c1. The van der Waals surface area contributed by atoms with Crippen LogP contribution >= 0.6 is 15.9 Å². The summed E-state index contributed by atoms with van der Waals surface area (Å²) in [7, 11) is 0. The van der Waals surface area contributed by atoms with Crippen molar-refractivity contribution < 1.29 is 0 Å². The van der Waals surface area contributed by atoms with Gasteiger partial charge in [-0.3, -0.25) is 4.90 Å². The molecule has 2 rings (SSSR count). The summed E-state index contributed by atoms with van der Waals surface area (Å²) in [6, 6.07) is 8.39. The second-order valence-electron chi connectivity index (χ2n) is 4.36. The predicted molar refractivity (Wildman–Crippen MR) is 77.1 cm³/mol. The Hall–Kier alpha value is -0.640. The van der Waals surface area contributed by atoms with Crippen LogP contribution in [0.25, 0.3) is 6.08 Å². The first-order valence-electron chi connectivity index (χ1n) is 6.20. The molecule has 1 fully saturated rings. The summed E-state index contributed by atoms with van der Waals surface area (Å²) in [5, 5.41) is 3.42. The van der Waals surface area contributed by atoms with Crippen LogP contribution in [0.1, 0.15) is 12.0 Å². The molecule has 0 atom stereocenters. The highest BCUT2D eigenvalue weighted by Gasteiger charge is 2.05. The number of hydrogen-bond donors (Lipinski definition) is 1. The molecule has 0 amide bonds. The molecule has 17 heavy (non-hydrogen) atoms. The van der Waals surface area contributed by atoms with Crippen molar-refractivity contribution in [1.82, 2.24) is 10.2 Å². The van der Waals surface area contributed by atoms with Gasteiger partial charge in [-0.25, -0.2) is 0 Å². The van der Waals surface area contributed by atoms with Crippen LogP contribution in [0.5, 0.6) is 0 Å². The summed E-state index contributed by atoms with van der Waals surface area (Å²) in [6.07, 6.45) is 5.71. The van der Waals surface area contributed by atoms with Crippen molar-refractivity contribution in [2.75, 3.05) is 32.7 Å². The highest BCUT2D eigenvalue weighted by atomic mass is 79.9.